The van der Waals surface area contributed by atoms with E-state index in [-0.39, 0.29) is 24.3 Å². The number of ketones is 1. The Balaban J connectivity index is 1.60. The molecule has 2 aromatic carbocycles. The summed E-state index contributed by atoms with van der Waals surface area (Å²) < 4.78 is 12.4. The molecule has 1 aromatic heterocycles. The molecule has 0 fully saturated rings. The lowest BCUT2D eigenvalue weighted by molar-refractivity contribution is -0.143. The van der Waals surface area contributed by atoms with E-state index in [1.807, 2.05) is 35.0 Å². The normalized spacial score (nSPS) is 12.8. The highest BCUT2D eigenvalue weighted by Crippen LogP contribution is 2.31. The summed E-state index contributed by atoms with van der Waals surface area (Å²) in [6.07, 6.45) is 2.79. The third-order valence-corrected chi connectivity index (χ3v) is 5.00. The number of nitrogens with one attached hydrogen (secondary N) is 1. The van der Waals surface area contributed by atoms with Crippen LogP contribution in [0.4, 0.5) is 5.69 Å². The zero-order chi connectivity index (χ0) is 21.1. The second-order valence-electron chi connectivity index (χ2n) is 7.04. The molecule has 2 heterocycles. The van der Waals surface area contributed by atoms with Gasteiger partial charge < -0.3 is 19.4 Å². The third kappa shape index (κ3) is 3.91. The van der Waals surface area contributed by atoms with Gasteiger partial charge in [-0.05, 0) is 37.6 Å². The van der Waals surface area contributed by atoms with Gasteiger partial charge in [0.2, 0.25) is 0 Å². The van der Waals surface area contributed by atoms with Crippen LogP contribution in [0.5, 0.6) is 5.75 Å². The first kappa shape index (κ1) is 19.7. The lowest BCUT2D eigenvalue weighted by atomic mass is 10.0. The summed E-state index contributed by atoms with van der Waals surface area (Å²) >= 11 is 0. The second-order valence-corrected chi connectivity index (χ2v) is 7.04. The summed E-state index contributed by atoms with van der Waals surface area (Å²) in [6.45, 7) is 2.70. The number of carbonyl (C=O) groups is 3. The highest BCUT2D eigenvalue weighted by atomic mass is 16.5. The van der Waals surface area contributed by atoms with Crippen molar-refractivity contribution in [3.05, 3.63) is 59.8 Å². The van der Waals surface area contributed by atoms with Crippen LogP contribution in [0.1, 0.15) is 35.7 Å². The summed E-state index contributed by atoms with van der Waals surface area (Å²) in [6, 6.07) is 12.7. The van der Waals surface area contributed by atoms with Crippen molar-refractivity contribution in [2.75, 3.05) is 18.5 Å². The quantitative estimate of drug-likeness (QED) is 0.479. The number of aromatic nitrogens is 1. The van der Waals surface area contributed by atoms with E-state index < -0.39 is 0 Å². The Morgan fingerprint density at radius 2 is 2.03 bits per heavy atom. The van der Waals surface area contributed by atoms with Gasteiger partial charge in [-0.15, -0.1) is 0 Å². The molecule has 154 valence electrons. The van der Waals surface area contributed by atoms with Crippen LogP contribution in [0.2, 0.25) is 0 Å². The Bertz CT molecular complexity index is 1130. The van der Waals surface area contributed by atoms with Gasteiger partial charge in [-0.3, -0.25) is 14.4 Å². The molecule has 0 saturated carbocycles. The zero-order valence-corrected chi connectivity index (χ0v) is 16.6. The second kappa shape index (κ2) is 8.41. The molecular weight excluding hydrogens is 384 g/mol. The summed E-state index contributed by atoms with van der Waals surface area (Å²) in [4.78, 5) is 36.3. The number of aryl methyl sites for hydroxylation is 1. The SMILES string of the molecule is CCOC(=O)CCCn1cc(C(=O)c2ccc3c(c2)OCC(=O)N3)c2ccccc21. The van der Waals surface area contributed by atoms with Crippen LogP contribution < -0.4 is 10.1 Å². The van der Waals surface area contributed by atoms with Crippen LogP contribution in [0.25, 0.3) is 10.9 Å². The topological polar surface area (TPSA) is 86.6 Å². The van der Waals surface area contributed by atoms with Gasteiger partial charge in [0.15, 0.2) is 12.4 Å². The Morgan fingerprint density at radius 1 is 1.20 bits per heavy atom. The van der Waals surface area contributed by atoms with E-state index in [1.165, 1.54) is 0 Å². The Labute approximate surface area is 173 Å². The molecule has 4 rings (SSSR count). The molecule has 1 aliphatic rings. The fourth-order valence-electron chi connectivity index (χ4n) is 3.61. The van der Waals surface area contributed by atoms with Gasteiger partial charge in [0, 0.05) is 41.2 Å². The molecule has 7 heteroatoms. The Hall–Kier alpha value is -3.61. The number of para-hydroxylation sites is 1. The third-order valence-electron chi connectivity index (χ3n) is 5.00. The number of amides is 1. The van der Waals surface area contributed by atoms with Crippen LogP contribution in [0.15, 0.2) is 48.7 Å². The number of hydrogen-bond donors (Lipinski definition) is 1. The first-order chi connectivity index (χ1) is 14.6. The number of carbonyl (C=O) groups excluding carboxylic acids is 3. The summed E-state index contributed by atoms with van der Waals surface area (Å²) in [7, 11) is 0. The van der Waals surface area contributed by atoms with E-state index in [4.69, 9.17) is 9.47 Å². The molecule has 30 heavy (non-hydrogen) atoms. The Kier molecular flexibility index (Phi) is 5.52. The van der Waals surface area contributed by atoms with Crippen molar-refractivity contribution in [2.24, 2.45) is 0 Å². The van der Waals surface area contributed by atoms with Gasteiger partial charge in [0.1, 0.15) is 5.75 Å². The number of ether oxygens (including phenoxy) is 2. The standard InChI is InChI=1S/C23H22N2O5/c1-2-29-22(27)8-5-11-25-13-17(16-6-3-4-7-19(16)25)23(28)15-9-10-18-20(12-15)30-14-21(26)24-18/h3-4,6-7,9-10,12-13H,2,5,8,11,14H2,1H3,(H,24,26). The smallest absolute Gasteiger partial charge is 0.305 e. The van der Waals surface area contributed by atoms with Crippen LogP contribution in [-0.4, -0.2) is 35.4 Å². The van der Waals surface area contributed by atoms with E-state index in [1.54, 1.807) is 25.1 Å². The van der Waals surface area contributed by atoms with Crippen LogP contribution in [0, 0.1) is 0 Å². The van der Waals surface area contributed by atoms with Gasteiger partial charge in [-0.2, -0.15) is 0 Å². The molecule has 1 N–H and O–H groups in total. The van der Waals surface area contributed by atoms with Gasteiger partial charge >= 0.3 is 5.97 Å². The van der Waals surface area contributed by atoms with E-state index in [2.05, 4.69) is 5.32 Å². The fourth-order valence-corrected chi connectivity index (χ4v) is 3.61. The minimum absolute atomic E-state index is 0.0651. The molecular formula is C23H22N2O5. The van der Waals surface area contributed by atoms with Gasteiger partial charge in [0.25, 0.3) is 5.91 Å². The predicted molar refractivity (Wildman–Crippen MR) is 112 cm³/mol. The number of esters is 1. The maximum atomic E-state index is 13.3. The van der Waals surface area contributed by atoms with Gasteiger partial charge in [-0.25, -0.2) is 0 Å². The van der Waals surface area contributed by atoms with Crippen LogP contribution in [0.3, 0.4) is 0 Å². The molecule has 0 spiro atoms. The van der Waals surface area contributed by atoms with Crippen molar-refractivity contribution < 1.29 is 23.9 Å². The molecule has 1 aliphatic heterocycles. The highest BCUT2D eigenvalue weighted by Gasteiger charge is 2.21. The lowest BCUT2D eigenvalue weighted by Crippen LogP contribution is -2.25. The zero-order valence-electron chi connectivity index (χ0n) is 16.6. The summed E-state index contributed by atoms with van der Waals surface area (Å²) in [5.74, 6) is -0.0730. The maximum Gasteiger partial charge on any atom is 0.305 e. The number of benzene rings is 2. The van der Waals surface area contributed by atoms with Crippen molar-refractivity contribution in [1.29, 1.82) is 0 Å². The molecule has 0 radical (unpaired) electrons. The minimum Gasteiger partial charge on any atom is -0.482 e. The molecule has 0 atom stereocenters. The number of rotatable bonds is 7. The minimum atomic E-state index is -0.216. The molecule has 0 unspecified atom stereocenters. The van der Waals surface area contributed by atoms with Crippen molar-refractivity contribution in [3.63, 3.8) is 0 Å². The number of hydrogen-bond acceptors (Lipinski definition) is 5. The van der Waals surface area contributed by atoms with Crippen LogP contribution >= 0.6 is 0 Å². The van der Waals surface area contributed by atoms with Gasteiger partial charge in [-0.1, -0.05) is 18.2 Å². The summed E-state index contributed by atoms with van der Waals surface area (Å²) in [5.41, 5.74) is 2.57. The molecule has 3 aromatic rings. The fraction of sp³-hybridized carbons (Fsp3) is 0.261. The predicted octanol–water partition coefficient (Wildman–Crippen LogP) is 3.55. The molecule has 0 bridgehead atoms. The summed E-state index contributed by atoms with van der Waals surface area (Å²) in [5, 5.41) is 3.58. The maximum absolute atomic E-state index is 13.3. The number of fused-ring (bicyclic) bond motifs is 2. The van der Waals surface area contributed by atoms with Crippen LogP contribution in [-0.2, 0) is 20.9 Å². The van der Waals surface area contributed by atoms with Crippen molar-refractivity contribution in [2.45, 2.75) is 26.3 Å². The molecule has 1 amide bonds. The van der Waals surface area contributed by atoms with Crippen molar-refractivity contribution in [3.8, 4) is 5.75 Å². The monoisotopic (exact) mass is 406 g/mol. The first-order valence-corrected chi connectivity index (χ1v) is 9.91. The van der Waals surface area contributed by atoms with E-state index >= 15 is 0 Å². The van der Waals surface area contributed by atoms with E-state index in [9.17, 15) is 14.4 Å². The largest absolute Gasteiger partial charge is 0.482 e. The van der Waals surface area contributed by atoms with Crippen molar-refractivity contribution >= 4 is 34.3 Å². The molecule has 0 saturated heterocycles. The first-order valence-electron chi connectivity index (χ1n) is 9.91. The highest BCUT2D eigenvalue weighted by molar-refractivity contribution is 6.17. The molecule has 0 aliphatic carbocycles. The van der Waals surface area contributed by atoms with E-state index in [0.29, 0.717) is 48.6 Å². The number of anilines is 1. The van der Waals surface area contributed by atoms with Gasteiger partial charge in [0.05, 0.1) is 12.3 Å². The molecule has 7 nitrogen and oxygen atoms in total. The number of nitrogens with zero attached hydrogens (tertiary/aromatic N) is 1. The average molecular weight is 406 g/mol. The average Bonchev–Trinajstić information content (AvgIpc) is 3.12. The Morgan fingerprint density at radius 3 is 2.87 bits per heavy atom. The van der Waals surface area contributed by atoms with Crippen molar-refractivity contribution in [1.82, 2.24) is 4.57 Å². The lowest BCUT2D eigenvalue weighted by Gasteiger charge is -2.18. The van der Waals surface area contributed by atoms with E-state index in [0.717, 1.165) is 10.9 Å².